The van der Waals surface area contributed by atoms with Crippen molar-refractivity contribution in [3.8, 4) is 17.2 Å². The molecule has 9 nitrogen and oxygen atoms in total. The van der Waals surface area contributed by atoms with Crippen molar-refractivity contribution < 1.29 is 23.8 Å². The highest BCUT2D eigenvalue weighted by atomic mass is 32.1. The van der Waals surface area contributed by atoms with Gasteiger partial charge in [0.25, 0.3) is 11.8 Å². The van der Waals surface area contributed by atoms with E-state index in [1.54, 1.807) is 11.4 Å². The number of hydrogen-bond acceptors (Lipinski definition) is 8. The van der Waals surface area contributed by atoms with Crippen molar-refractivity contribution in [1.29, 1.82) is 0 Å². The number of carbonyl (C=O) groups is 2. The van der Waals surface area contributed by atoms with Gasteiger partial charge < -0.3 is 24.4 Å². The Hall–Kier alpha value is -3.79. The summed E-state index contributed by atoms with van der Waals surface area (Å²) in [6, 6.07) is 10.5. The smallest absolute Gasteiger partial charge is 0.275 e. The lowest BCUT2D eigenvalue weighted by atomic mass is 10.1. The highest BCUT2D eigenvalue weighted by molar-refractivity contribution is 7.14. The lowest BCUT2D eigenvalue weighted by molar-refractivity contribution is 0.101. The maximum absolute atomic E-state index is 12.8. The average Bonchev–Trinajstić information content (AvgIpc) is 3.26. The van der Waals surface area contributed by atoms with Crippen molar-refractivity contribution >= 4 is 39.7 Å². The second-order valence-electron chi connectivity index (χ2n) is 6.79. The number of amides is 2. The van der Waals surface area contributed by atoms with E-state index in [2.05, 4.69) is 15.6 Å². The highest BCUT2D eigenvalue weighted by Crippen LogP contribution is 2.35. The molecule has 0 saturated carbocycles. The number of hydrogen-bond donors (Lipinski definition) is 2. The highest BCUT2D eigenvalue weighted by Gasteiger charge is 2.20. The minimum atomic E-state index is -0.455. The molecule has 10 heteroatoms. The summed E-state index contributed by atoms with van der Waals surface area (Å²) in [6.45, 7) is 0. The summed E-state index contributed by atoms with van der Waals surface area (Å²) in [6.07, 6.45) is 0. The normalized spacial score (nSPS) is 10.3. The van der Waals surface area contributed by atoms with Gasteiger partial charge in [0.2, 0.25) is 0 Å². The van der Waals surface area contributed by atoms with Gasteiger partial charge in [0.15, 0.2) is 16.6 Å². The van der Waals surface area contributed by atoms with Crippen molar-refractivity contribution in [2.24, 2.45) is 0 Å². The van der Waals surface area contributed by atoms with Crippen molar-refractivity contribution in [2.45, 2.75) is 0 Å². The molecule has 0 bridgehead atoms. The first-order chi connectivity index (χ1) is 15.4. The van der Waals surface area contributed by atoms with E-state index in [0.29, 0.717) is 22.9 Å². The standard InChI is InChI=1S/C22H24N4O5S/c1-26(2)14-8-6-13(7-9-14)23-21(28)16-12-32-22(24-16)25-20(27)15-10-18(30-4)19(31-5)11-17(15)29-3/h6-12H,1-5H3,(H,23,28)(H,24,25,27). The number of ether oxygens (including phenoxy) is 3. The van der Waals surface area contributed by atoms with Gasteiger partial charge in [-0.15, -0.1) is 11.3 Å². The summed E-state index contributed by atoms with van der Waals surface area (Å²) < 4.78 is 15.8. The number of anilines is 3. The first-order valence-corrected chi connectivity index (χ1v) is 10.4. The van der Waals surface area contributed by atoms with Crippen molar-refractivity contribution in [1.82, 2.24) is 4.98 Å². The van der Waals surface area contributed by atoms with Gasteiger partial charge in [0.1, 0.15) is 11.4 Å². The van der Waals surface area contributed by atoms with Crippen LogP contribution in [-0.4, -0.2) is 52.2 Å². The van der Waals surface area contributed by atoms with Crippen LogP contribution in [0.5, 0.6) is 17.2 Å². The Morgan fingerprint density at radius 3 is 2.09 bits per heavy atom. The summed E-state index contributed by atoms with van der Waals surface area (Å²) in [7, 11) is 8.31. The number of aromatic nitrogens is 1. The van der Waals surface area contributed by atoms with E-state index in [-0.39, 0.29) is 22.3 Å². The third-order valence-corrected chi connectivity index (χ3v) is 5.31. The maximum Gasteiger partial charge on any atom is 0.275 e. The second-order valence-corrected chi connectivity index (χ2v) is 7.65. The Morgan fingerprint density at radius 1 is 0.875 bits per heavy atom. The minimum absolute atomic E-state index is 0.196. The third kappa shape index (κ3) is 5.09. The number of methoxy groups -OCH3 is 3. The molecular weight excluding hydrogens is 432 g/mol. The molecule has 0 spiro atoms. The Kier molecular flexibility index (Phi) is 7.16. The van der Waals surface area contributed by atoms with Crippen LogP contribution < -0.4 is 29.7 Å². The molecular formula is C22H24N4O5S. The monoisotopic (exact) mass is 456 g/mol. The van der Waals surface area contributed by atoms with E-state index in [4.69, 9.17) is 14.2 Å². The molecule has 1 heterocycles. The van der Waals surface area contributed by atoms with E-state index in [1.807, 2.05) is 43.3 Å². The zero-order valence-corrected chi connectivity index (χ0v) is 19.2. The van der Waals surface area contributed by atoms with Gasteiger partial charge in [-0.25, -0.2) is 4.98 Å². The molecule has 32 heavy (non-hydrogen) atoms. The lowest BCUT2D eigenvalue weighted by Gasteiger charge is -2.13. The summed E-state index contributed by atoms with van der Waals surface area (Å²) in [5.41, 5.74) is 2.11. The van der Waals surface area contributed by atoms with Gasteiger partial charge in [-0.2, -0.15) is 0 Å². The molecule has 0 aliphatic carbocycles. The van der Waals surface area contributed by atoms with Crippen LogP contribution in [-0.2, 0) is 0 Å². The fourth-order valence-electron chi connectivity index (χ4n) is 2.84. The Balaban J connectivity index is 1.72. The Labute approximate surface area is 189 Å². The molecule has 0 radical (unpaired) electrons. The van der Waals surface area contributed by atoms with E-state index < -0.39 is 5.91 Å². The number of nitrogens with one attached hydrogen (secondary N) is 2. The van der Waals surface area contributed by atoms with Gasteiger partial charge in [-0.05, 0) is 24.3 Å². The Morgan fingerprint density at radius 2 is 1.50 bits per heavy atom. The predicted molar refractivity (Wildman–Crippen MR) is 125 cm³/mol. The number of thiazole rings is 1. The van der Waals surface area contributed by atoms with Crippen LogP contribution in [0, 0.1) is 0 Å². The van der Waals surface area contributed by atoms with Crippen LogP contribution in [0.4, 0.5) is 16.5 Å². The van der Waals surface area contributed by atoms with E-state index in [9.17, 15) is 9.59 Å². The third-order valence-electron chi connectivity index (χ3n) is 4.55. The molecule has 3 aromatic rings. The minimum Gasteiger partial charge on any atom is -0.496 e. The van der Waals surface area contributed by atoms with Crippen molar-refractivity contribution in [3.63, 3.8) is 0 Å². The van der Waals surface area contributed by atoms with Gasteiger partial charge >= 0.3 is 0 Å². The van der Waals surface area contributed by atoms with Gasteiger partial charge in [0, 0.05) is 43.0 Å². The van der Waals surface area contributed by atoms with Crippen LogP contribution in [0.3, 0.4) is 0 Å². The van der Waals surface area contributed by atoms with Crippen LogP contribution in [0.25, 0.3) is 0 Å². The summed E-state index contributed by atoms with van der Waals surface area (Å²) in [4.78, 5) is 31.5. The quantitative estimate of drug-likeness (QED) is 0.532. The van der Waals surface area contributed by atoms with Crippen molar-refractivity contribution in [3.05, 3.63) is 53.0 Å². The second kappa shape index (κ2) is 10.0. The first kappa shape index (κ1) is 22.9. The first-order valence-electron chi connectivity index (χ1n) is 9.52. The summed E-state index contributed by atoms with van der Waals surface area (Å²) >= 11 is 1.14. The van der Waals surface area contributed by atoms with E-state index in [1.165, 1.54) is 27.4 Å². The maximum atomic E-state index is 12.8. The van der Waals surface area contributed by atoms with Crippen LogP contribution in [0.1, 0.15) is 20.8 Å². The molecule has 2 amide bonds. The molecule has 168 valence electrons. The molecule has 0 aliphatic heterocycles. The fraction of sp³-hybridized carbons (Fsp3) is 0.227. The molecule has 2 N–H and O–H groups in total. The molecule has 0 fully saturated rings. The topological polar surface area (TPSA) is 102 Å². The molecule has 0 saturated heterocycles. The van der Waals surface area contributed by atoms with Gasteiger partial charge in [0.05, 0.1) is 26.9 Å². The lowest BCUT2D eigenvalue weighted by Crippen LogP contribution is -2.15. The van der Waals surface area contributed by atoms with E-state index >= 15 is 0 Å². The SMILES string of the molecule is COc1cc(OC)c(C(=O)Nc2nc(C(=O)Nc3ccc(N(C)C)cc3)cs2)cc1OC. The summed E-state index contributed by atoms with van der Waals surface area (Å²) in [5, 5.41) is 7.33. The number of carbonyl (C=O) groups excluding carboxylic acids is 2. The van der Waals surface area contributed by atoms with Crippen LogP contribution in [0.15, 0.2) is 41.8 Å². The molecule has 3 rings (SSSR count). The van der Waals surface area contributed by atoms with Gasteiger partial charge in [-0.1, -0.05) is 0 Å². The zero-order chi connectivity index (χ0) is 23.3. The predicted octanol–water partition coefficient (Wildman–Crippen LogP) is 3.74. The zero-order valence-electron chi connectivity index (χ0n) is 18.4. The van der Waals surface area contributed by atoms with E-state index in [0.717, 1.165) is 17.0 Å². The fourth-order valence-corrected chi connectivity index (χ4v) is 3.53. The number of nitrogens with zero attached hydrogens (tertiary/aromatic N) is 2. The van der Waals surface area contributed by atoms with Crippen molar-refractivity contribution in [2.75, 3.05) is 51.0 Å². The van der Waals surface area contributed by atoms with Crippen LogP contribution >= 0.6 is 11.3 Å². The summed E-state index contributed by atoms with van der Waals surface area (Å²) in [5.74, 6) is 0.313. The van der Waals surface area contributed by atoms with Crippen LogP contribution in [0.2, 0.25) is 0 Å². The molecule has 1 aromatic heterocycles. The Bertz CT molecular complexity index is 1110. The largest absolute Gasteiger partial charge is 0.496 e. The molecule has 0 atom stereocenters. The number of rotatable bonds is 8. The molecule has 0 unspecified atom stereocenters. The average molecular weight is 457 g/mol. The molecule has 2 aromatic carbocycles. The molecule has 0 aliphatic rings. The van der Waals surface area contributed by atoms with Gasteiger partial charge in [-0.3, -0.25) is 14.9 Å². The number of benzene rings is 2.